The standard InChI is InChI=1S/C12H13Cl2N3O2/c1-6-2-3-7(13)9(8(6)14)16-11(18)12(4-5-12)10(15)17-19/h2-3,19H,4-5H2,1H3,(H2,15,17)(H,16,18). The maximum absolute atomic E-state index is 12.2. The minimum Gasteiger partial charge on any atom is -0.409 e. The molecule has 1 amide bonds. The molecule has 4 N–H and O–H groups in total. The van der Waals surface area contributed by atoms with Crippen molar-refractivity contribution in [3.63, 3.8) is 0 Å². The number of aryl methyl sites for hydroxylation is 1. The molecule has 1 fully saturated rings. The highest BCUT2D eigenvalue weighted by atomic mass is 35.5. The highest BCUT2D eigenvalue weighted by Crippen LogP contribution is 2.47. The smallest absolute Gasteiger partial charge is 0.238 e. The van der Waals surface area contributed by atoms with Gasteiger partial charge in [-0.3, -0.25) is 4.79 Å². The Morgan fingerprint density at radius 2 is 2.11 bits per heavy atom. The minimum absolute atomic E-state index is 0.0927. The average Bonchev–Trinajstić information content (AvgIpc) is 3.19. The topological polar surface area (TPSA) is 87.7 Å². The third-order valence-corrected chi connectivity index (χ3v) is 4.11. The molecule has 7 heteroatoms. The zero-order chi connectivity index (χ0) is 14.2. The zero-order valence-corrected chi connectivity index (χ0v) is 11.7. The molecule has 0 saturated heterocycles. The lowest BCUT2D eigenvalue weighted by Gasteiger charge is -2.16. The second-order valence-electron chi connectivity index (χ2n) is 4.57. The van der Waals surface area contributed by atoms with Gasteiger partial charge in [-0.05, 0) is 31.4 Å². The summed E-state index contributed by atoms with van der Waals surface area (Å²) in [6.45, 7) is 1.81. The van der Waals surface area contributed by atoms with Crippen molar-refractivity contribution in [3.05, 3.63) is 27.7 Å². The van der Waals surface area contributed by atoms with Crippen LogP contribution in [0.5, 0.6) is 0 Å². The van der Waals surface area contributed by atoms with Crippen molar-refractivity contribution in [2.75, 3.05) is 5.32 Å². The average molecular weight is 302 g/mol. The SMILES string of the molecule is Cc1ccc(Cl)c(NC(=O)C2(/C(N)=N/O)CC2)c1Cl. The molecule has 1 aliphatic carbocycles. The van der Waals surface area contributed by atoms with Crippen molar-refractivity contribution in [2.24, 2.45) is 16.3 Å². The van der Waals surface area contributed by atoms with E-state index in [-0.39, 0.29) is 11.7 Å². The van der Waals surface area contributed by atoms with Gasteiger partial charge in [-0.2, -0.15) is 0 Å². The van der Waals surface area contributed by atoms with Crippen molar-refractivity contribution in [3.8, 4) is 0 Å². The van der Waals surface area contributed by atoms with Crippen LogP contribution < -0.4 is 11.1 Å². The van der Waals surface area contributed by atoms with Gasteiger partial charge in [0.15, 0.2) is 5.84 Å². The first-order valence-corrected chi connectivity index (χ1v) is 6.42. The van der Waals surface area contributed by atoms with Crippen LogP contribution in [0.15, 0.2) is 17.3 Å². The monoisotopic (exact) mass is 301 g/mol. The normalized spacial score (nSPS) is 17.1. The van der Waals surface area contributed by atoms with Gasteiger partial charge in [-0.15, -0.1) is 0 Å². The lowest BCUT2D eigenvalue weighted by molar-refractivity contribution is -0.119. The molecule has 0 aliphatic heterocycles. The first-order chi connectivity index (χ1) is 8.92. The Labute approximate surface area is 120 Å². The van der Waals surface area contributed by atoms with E-state index in [4.69, 9.17) is 34.1 Å². The third-order valence-electron chi connectivity index (χ3n) is 3.31. The fourth-order valence-electron chi connectivity index (χ4n) is 1.82. The Bertz CT molecular complexity index is 568. The summed E-state index contributed by atoms with van der Waals surface area (Å²) < 4.78 is 0. The highest BCUT2D eigenvalue weighted by molar-refractivity contribution is 6.40. The summed E-state index contributed by atoms with van der Waals surface area (Å²) >= 11 is 12.1. The minimum atomic E-state index is -0.939. The third kappa shape index (κ3) is 2.35. The van der Waals surface area contributed by atoms with Crippen molar-refractivity contribution in [1.29, 1.82) is 0 Å². The molecule has 1 saturated carbocycles. The molecule has 0 aromatic heterocycles. The largest absolute Gasteiger partial charge is 0.409 e. The van der Waals surface area contributed by atoms with Gasteiger partial charge in [0.25, 0.3) is 0 Å². The fraction of sp³-hybridized carbons (Fsp3) is 0.333. The van der Waals surface area contributed by atoms with Crippen molar-refractivity contribution < 1.29 is 10.0 Å². The van der Waals surface area contributed by atoms with Gasteiger partial charge in [-0.25, -0.2) is 0 Å². The molecule has 0 atom stereocenters. The number of nitrogens with one attached hydrogen (secondary N) is 1. The van der Waals surface area contributed by atoms with Gasteiger partial charge in [0, 0.05) is 0 Å². The molecule has 0 radical (unpaired) electrons. The molecule has 19 heavy (non-hydrogen) atoms. The Hall–Kier alpha value is -1.46. The van der Waals surface area contributed by atoms with Crippen LogP contribution in [-0.2, 0) is 4.79 Å². The van der Waals surface area contributed by atoms with Crippen LogP contribution in [0.2, 0.25) is 10.0 Å². The number of oxime groups is 1. The van der Waals surface area contributed by atoms with Crippen LogP contribution in [0.4, 0.5) is 5.69 Å². The summed E-state index contributed by atoms with van der Waals surface area (Å²) in [5.74, 6) is -0.456. The van der Waals surface area contributed by atoms with Crippen LogP contribution in [0.1, 0.15) is 18.4 Å². The Morgan fingerprint density at radius 1 is 1.47 bits per heavy atom. The number of amides is 1. The summed E-state index contributed by atoms with van der Waals surface area (Å²) in [6.07, 6.45) is 1.07. The van der Waals surface area contributed by atoms with E-state index < -0.39 is 5.41 Å². The molecule has 1 aromatic carbocycles. The van der Waals surface area contributed by atoms with Crippen LogP contribution >= 0.6 is 23.2 Å². The Balaban J connectivity index is 2.28. The number of nitrogens with zero attached hydrogens (tertiary/aromatic N) is 1. The van der Waals surface area contributed by atoms with Gasteiger partial charge in [-0.1, -0.05) is 34.4 Å². The number of nitrogens with two attached hydrogens (primary N) is 1. The maximum atomic E-state index is 12.2. The van der Waals surface area contributed by atoms with Crippen molar-refractivity contribution in [2.45, 2.75) is 19.8 Å². The summed E-state index contributed by atoms with van der Waals surface area (Å²) in [6, 6.07) is 3.41. The first kappa shape index (κ1) is 14.0. The molecular weight excluding hydrogens is 289 g/mol. The second-order valence-corrected chi connectivity index (χ2v) is 5.36. The molecule has 0 spiro atoms. The quantitative estimate of drug-likeness (QED) is 0.347. The van der Waals surface area contributed by atoms with Gasteiger partial charge in [0.1, 0.15) is 5.41 Å². The number of carbonyl (C=O) groups excluding carboxylic acids is 1. The van der Waals surface area contributed by atoms with E-state index >= 15 is 0 Å². The summed E-state index contributed by atoms with van der Waals surface area (Å²) in [7, 11) is 0. The van der Waals surface area contributed by atoms with E-state index in [1.54, 1.807) is 12.1 Å². The molecular formula is C12H13Cl2N3O2. The second kappa shape index (κ2) is 4.90. The molecule has 2 rings (SSSR count). The zero-order valence-electron chi connectivity index (χ0n) is 10.2. The number of rotatable bonds is 3. The Kier molecular flexibility index (Phi) is 3.60. The molecule has 5 nitrogen and oxygen atoms in total. The predicted octanol–water partition coefficient (Wildman–Crippen LogP) is 2.77. The van der Waals surface area contributed by atoms with Crippen LogP contribution in [0.25, 0.3) is 0 Å². The molecule has 0 unspecified atom stereocenters. The molecule has 102 valence electrons. The van der Waals surface area contributed by atoms with E-state index in [2.05, 4.69) is 10.5 Å². The highest BCUT2D eigenvalue weighted by Gasteiger charge is 2.54. The van der Waals surface area contributed by atoms with Gasteiger partial charge in [0.05, 0.1) is 15.7 Å². The van der Waals surface area contributed by atoms with Crippen LogP contribution in [0, 0.1) is 12.3 Å². The summed E-state index contributed by atoms with van der Waals surface area (Å²) in [5.41, 5.74) is 5.76. The summed E-state index contributed by atoms with van der Waals surface area (Å²) in [4.78, 5) is 12.2. The van der Waals surface area contributed by atoms with Crippen molar-refractivity contribution in [1.82, 2.24) is 0 Å². The molecule has 1 aromatic rings. The lowest BCUT2D eigenvalue weighted by atomic mass is 10.0. The number of halogens is 2. The van der Waals surface area contributed by atoms with Gasteiger partial charge in [0.2, 0.25) is 5.91 Å². The van der Waals surface area contributed by atoms with Crippen LogP contribution in [0.3, 0.4) is 0 Å². The lowest BCUT2D eigenvalue weighted by Crippen LogP contribution is -2.36. The Morgan fingerprint density at radius 3 is 2.63 bits per heavy atom. The van der Waals surface area contributed by atoms with E-state index in [0.29, 0.717) is 28.6 Å². The number of hydrogen-bond donors (Lipinski definition) is 3. The maximum Gasteiger partial charge on any atom is 0.238 e. The van der Waals surface area contributed by atoms with E-state index in [1.807, 2.05) is 6.92 Å². The number of amidine groups is 1. The van der Waals surface area contributed by atoms with Crippen LogP contribution in [-0.4, -0.2) is 17.0 Å². The fourth-order valence-corrected chi connectivity index (χ4v) is 2.29. The first-order valence-electron chi connectivity index (χ1n) is 5.66. The van der Waals surface area contributed by atoms with E-state index in [1.165, 1.54) is 0 Å². The molecule has 1 aliphatic rings. The number of benzene rings is 1. The number of hydrogen-bond acceptors (Lipinski definition) is 3. The summed E-state index contributed by atoms with van der Waals surface area (Å²) in [5, 5.41) is 15.0. The van der Waals surface area contributed by atoms with Crippen molar-refractivity contribution >= 4 is 40.6 Å². The van der Waals surface area contributed by atoms with E-state index in [0.717, 1.165) is 5.56 Å². The van der Waals surface area contributed by atoms with Gasteiger partial charge >= 0.3 is 0 Å². The number of carbonyl (C=O) groups is 1. The number of anilines is 1. The molecule has 0 bridgehead atoms. The van der Waals surface area contributed by atoms with Gasteiger partial charge < -0.3 is 16.3 Å². The van der Waals surface area contributed by atoms with E-state index in [9.17, 15) is 4.79 Å². The predicted molar refractivity (Wildman–Crippen MR) is 74.9 cm³/mol. The molecule has 0 heterocycles.